The number of unbranched alkanes of at least 4 members (excludes halogenated alkanes) is 7. The Morgan fingerprint density at radius 1 is 0.905 bits per heavy atom. The lowest BCUT2D eigenvalue weighted by Crippen LogP contribution is -3.00. The first kappa shape index (κ1) is 22.7. The summed E-state index contributed by atoms with van der Waals surface area (Å²) in [6.07, 6.45) is 10.1. The van der Waals surface area contributed by atoms with Crippen molar-refractivity contribution in [3.05, 3.63) is 12.2 Å². The maximum Gasteiger partial charge on any atom is 0.333 e. The maximum absolute atomic E-state index is 11.1. The lowest BCUT2D eigenvalue weighted by atomic mass is 10.1. The summed E-state index contributed by atoms with van der Waals surface area (Å²) in [6.45, 7) is 7.05. The lowest BCUT2D eigenvalue weighted by molar-refractivity contribution is -0.870. The lowest BCUT2D eigenvalue weighted by Gasteiger charge is -2.23. The van der Waals surface area contributed by atoms with E-state index in [0.29, 0.717) is 12.2 Å². The summed E-state index contributed by atoms with van der Waals surface area (Å²) in [5, 5.41) is 0. The molecular formula is C17H34ClNO2. The van der Waals surface area contributed by atoms with Crippen molar-refractivity contribution in [1.82, 2.24) is 0 Å². The van der Waals surface area contributed by atoms with Crippen molar-refractivity contribution in [3.63, 3.8) is 0 Å². The molecule has 0 bridgehead atoms. The minimum Gasteiger partial charge on any atom is -1.00 e. The second-order valence-electron chi connectivity index (χ2n) is 6.76. The third kappa shape index (κ3) is 17.4. The van der Waals surface area contributed by atoms with Gasteiger partial charge < -0.3 is 21.6 Å². The summed E-state index contributed by atoms with van der Waals surface area (Å²) in [5.74, 6) is -0.262. The van der Waals surface area contributed by atoms with Gasteiger partial charge in [0.05, 0.1) is 34.3 Å². The predicted octanol–water partition coefficient (Wildman–Crippen LogP) is 0.937. The Labute approximate surface area is 137 Å². The van der Waals surface area contributed by atoms with Crippen molar-refractivity contribution < 1.29 is 26.4 Å². The SMILES string of the molecule is C=C(C)C(=O)OCCCCCCCCCC[N+](C)(C)C.[Cl-]. The highest BCUT2D eigenvalue weighted by atomic mass is 35.5. The van der Waals surface area contributed by atoms with E-state index in [0.717, 1.165) is 17.3 Å². The molecule has 0 atom stereocenters. The molecule has 4 heteroatoms. The van der Waals surface area contributed by atoms with Crippen LogP contribution < -0.4 is 12.4 Å². The number of halogens is 1. The number of hydrogen-bond donors (Lipinski definition) is 0. The van der Waals surface area contributed by atoms with Gasteiger partial charge in [-0.15, -0.1) is 0 Å². The van der Waals surface area contributed by atoms with Gasteiger partial charge in [0.25, 0.3) is 0 Å². The molecular weight excluding hydrogens is 286 g/mol. The average molecular weight is 320 g/mol. The van der Waals surface area contributed by atoms with Crippen LogP contribution in [-0.2, 0) is 9.53 Å². The molecule has 0 aromatic carbocycles. The number of carbonyl (C=O) groups excluding carboxylic acids is 1. The predicted molar refractivity (Wildman–Crippen MR) is 85.6 cm³/mol. The Morgan fingerprint density at radius 2 is 1.33 bits per heavy atom. The molecule has 21 heavy (non-hydrogen) atoms. The molecule has 0 N–H and O–H groups in total. The van der Waals surface area contributed by atoms with Gasteiger partial charge in [0, 0.05) is 5.57 Å². The molecule has 0 spiro atoms. The van der Waals surface area contributed by atoms with E-state index in [2.05, 4.69) is 27.7 Å². The van der Waals surface area contributed by atoms with E-state index < -0.39 is 0 Å². The number of carbonyl (C=O) groups is 1. The Morgan fingerprint density at radius 3 is 1.76 bits per heavy atom. The fraction of sp³-hybridized carbons (Fsp3) is 0.824. The van der Waals surface area contributed by atoms with Crippen molar-refractivity contribution in [1.29, 1.82) is 0 Å². The molecule has 0 aromatic heterocycles. The summed E-state index contributed by atoms with van der Waals surface area (Å²) in [7, 11) is 6.75. The van der Waals surface area contributed by atoms with Crippen LogP contribution in [0.1, 0.15) is 58.3 Å². The first-order chi connectivity index (χ1) is 9.33. The van der Waals surface area contributed by atoms with Crippen LogP contribution in [0.4, 0.5) is 0 Å². The quantitative estimate of drug-likeness (QED) is 0.232. The smallest absolute Gasteiger partial charge is 0.333 e. The third-order valence-corrected chi connectivity index (χ3v) is 3.30. The standard InChI is InChI=1S/C17H34NO2.ClH/c1-16(2)17(19)20-15-13-11-9-7-6-8-10-12-14-18(3,4)5;/h1,6-15H2,2-5H3;1H/q+1;/p-1. The van der Waals surface area contributed by atoms with E-state index in [1.807, 2.05) is 0 Å². The van der Waals surface area contributed by atoms with Gasteiger partial charge in [-0.05, 0) is 26.2 Å². The molecule has 0 heterocycles. The normalized spacial score (nSPS) is 10.9. The minimum atomic E-state index is -0.262. The number of ether oxygens (including phenoxy) is 1. The zero-order valence-corrected chi connectivity index (χ0v) is 15.2. The highest BCUT2D eigenvalue weighted by Gasteiger charge is 2.05. The summed E-state index contributed by atoms with van der Waals surface area (Å²) >= 11 is 0. The van der Waals surface area contributed by atoms with Crippen molar-refractivity contribution >= 4 is 5.97 Å². The zero-order chi connectivity index (χ0) is 15.4. The third-order valence-electron chi connectivity index (χ3n) is 3.30. The highest BCUT2D eigenvalue weighted by Crippen LogP contribution is 2.09. The maximum atomic E-state index is 11.1. The van der Waals surface area contributed by atoms with Crippen LogP contribution in [0.15, 0.2) is 12.2 Å². The molecule has 0 saturated carbocycles. The molecule has 126 valence electrons. The Kier molecular flexibility index (Phi) is 14.2. The second-order valence-corrected chi connectivity index (χ2v) is 6.76. The van der Waals surface area contributed by atoms with Crippen LogP contribution in [0.3, 0.4) is 0 Å². The van der Waals surface area contributed by atoms with Crippen LogP contribution in [-0.4, -0.2) is 44.7 Å². The molecule has 0 radical (unpaired) electrons. The fourth-order valence-corrected chi connectivity index (χ4v) is 2.04. The van der Waals surface area contributed by atoms with Gasteiger partial charge in [0.15, 0.2) is 0 Å². The Balaban J connectivity index is 0. The molecule has 0 rings (SSSR count). The molecule has 0 unspecified atom stereocenters. The zero-order valence-electron chi connectivity index (χ0n) is 14.4. The molecule has 0 saturated heterocycles. The molecule has 0 aromatic rings. The topological polar surface area (TPSA) is 26.3 Å². The average Bonchev–Trinajstić information content (AvgIpc) is 2.34. The monoisotopic (exact) mass is 319 g/mol. The molecule has 0 fully saturated rings. The van der Waals surface area contributed by atoms with Crippen molar-refractivity contribution in [2.45, 2.75) is 58.3 Å². The summed E-state index contributed by atoms with van der Waals surface area (Å²) in [5.41, 5.74) is 0.485. The minimum absolute atomic E-state index is 0. The molecule has 0 aliphatic heterocycles. The van der Waals surface area contributed by atoms with Gasteiger partial charge in [-0.2, -0.15) is 0 Å². The van der Waals surface area contributed by atoms with Gasteiger partial charge in [0.1, 0.15) is 0 Å². The highest BCUT2D eigenvalue weighted by molar-refractivity contribution is 5.86. The van der Waals surface area contributed by atoms with Crippen molar-refractivity contribution in [2.75, 3.05) is 34.3 Å². The molecule has 0 aliphatic carbocycles. The Hall–Kier alpha value is -0.540. The largest absolute Gasteiger partial charge is 1.00 e. The fourth-order valence-electron chi connectivity index (χ4n) is 2.04. The van der Waals surface area contributed by atoms with Gasteiger partial charge in [-0.3, -0.25) is 0 Å². The number of hydrogen-bond acceptors (Lipinski definition) is 2. The van der Waals surface area contributed by atoms with Crippen LogP contribution in [0.2, 0.25) is 0 Å². The van der Waals surface area contributed by atoms with E-state index in [9.17, 15) is 4.79 Å². The number of esters is 1. The van der Waals surface area contributed by atoms with Crippen LogP contribution in [0.25, 0.3) is 0 Å². The van der Waals surface area contributed by atoms with E-state index in [4.69, 9.17) is 4.74 Å². The van der Waals surface area contributed by atoms with Crippen LogP contribution in [0, 0.1) is 0 Å². The number of quaternary nitrogens is 1. The van der Waals surface area contributed by atoms with Gasteiger partial charge in [-0.25, -0.2) is 4.79 Å². The molecule has 0 amide bonds. The van der Waals surface area contributed by atoms with E-state index in [1.54, 1.807) is 6.92 Å². The molecule has 3 nitrogen and oxygen atoms in total. The van der Waals surface area contributed by atoms with E-state index >= 15 is 0 Å². The summed E-state index contributed by atoms with van der Waals surface area (Å²) in [4.78, 5) is 11.1. The second kappa shape index (κ2) is 13.1. The van der Waals surface area contributed by atoms with Crippen molar-refractivity contribution in [3.8, 4) is 0 Å². The first-order valence-electron chi connectivity index (χ1n) is 7.96. The van der Waals surface area contributed by atoms with Crippen LogP contribution in [0.5, 0.6) is 0 Å². The molecule has 0 aliphatic rings. The number of nitrogens with zero attached hydrogens (tertiary/aromatic N) is 1. The van der Waals surface area contributed by atoms with E-state index in [-0.39, 0.29) is 18.4 Å². The van der Waals surface area contributed by atoms with E-state index in [1.165, 1.54) is 45.1 Å². The summed E-state index contributed by atoms with van der Waals surface area (Å²) < 4.78 is 6.13. The number of rotatable bonds is 12. The Bertz CT molecular complexity index is 285. The van der Waals surface area contributed by atoms with Crippen LogP contribution >= 0.6 is 0 Å². The van der Waals surface area contributed by atoms with Gasteiger partial charge >= 0.3 is 5.97 Å². The van der Waals surface area contributed by atoms with Gasteiger partial charge in [0.2, 0.25) is 0 Å². The first-order valence-corrected chi connectivity index (χ1v) is 7.96. The van der Waals surface area contributed by atoms with Crippen molar-refractivity contribution in [2.24, 2.45) is 0 Å². The summed E-state index contributed by atoms with van der Waals surface area (Å²) in [6, 6.07) is 0. The van der Waals surface area contributed by atoms with Gasteiger partial charge in [-0.1, -0.05) is 38.7 Å².